The van der Waals surface area contributed by atoms with Crippen LogP contribution < -0.4 is 10.6 Å². The SMILES string of the molecule is N#CN1CC2C[C@]2(NC(=O)c2ncc(-c3ccccc3Nc3ccccc3)s2)C1. The Morgan fingerprint density at radius 3 is 2.79 bits per heavy atom. The van der Waals surface area contributed by atoms with Crippen molar-refractivity contribution in [2.45, 2.75) is 12.0 Å². The van der Waals surface area contributed by atoms with Crippen molar-refractivity contribution in [2.75, 3.05) is 18.4 Å². The number of aromatic nitrogens is 1. The van der Waals surface area contributed by atoms with Crippen molar-refractivity contribution in [3.8, 4) is 16.6 Å². The molecule has 1 amide bonds. The predicted octanol–water partition coefficient (Wildman–Crippen LogP) is 3.84. The lowest BCUT2D eigenvalue weighted by Crippen LogP contribution is -2.41. The van der Waals surface area contributed by atoms with Crippen LogP contribution in [0.5, 0.6) is 0 Å². The van der Waals surface area contributed by atoms with Crippen LogP contribution in [0.25, 0.3) is 10.4 Å². The van der Waals surface area contributed by atoms with Gasteiger partial charge in [-0.2, -0.15) is 5.26 Å². The zero-order valence-corrected chi connectivity index (χ0v) is 16.4. The smallest absolute Gasteiger partial charge is 0.280 e. The van der Waals surface area contributed by atoms with E-state index in [-0.39, 0.29) is 11.4 Å². The van der Waals surface area contributed by atoms with E-state index in [1.165, 1.54) is 11.3 Å². The Morgan fingerprint density at radius 1 is 1.21 bits per heavy atom. The Bertz CT molecular complexity index is 1110. The minimum atomic E-state index is -0.245. The average molecular weight is 401 g/mol. The van der Waals surface area contributed by atoms with Crippen LogP contribution >= 0.6 is 11.3 Å². The summed E-state index contributed by atoms with van der Waals surface area (Å²) in [6.45, 7) is 1.33. The van der Waals surface area contributed by atoms with E-state index in [9.17, 15) is 4.79 Å². The first kappa shape index (κ1) is 17.7. The second-order valence-corrected chi connectivity index (χ2v) is 8.59. The van der Waals surface area contributed by atoms with Crippen molar-refractivity contribution in [1.82, 2.24) is 15.2 Å². The van der Waals surface area contributed by atoms with Gasteiger partial charge in [0, 0.05) is 35.6 Å². The van der Waals surface area contributed by atoms with Crippen LogP contribution in [0.1, 0.15) is 16.2 Å². The summed E-state index contributed by atoms with van der Waals surface area (Å²) in [4.78, 5) is 19.8. The first-order valence-electron chi connectivity index (χ1n) is 9.51. The maximum Gasteiger partial charge on any atom is 0.280 e. The van der Waals surface area contributed by atoms with Gasteiger partial charge in [-0.3, -0.25) is 4.79 Å². The average Bonchev–Trinajstić information content (AvgIpc) is 3.10. The van der Waals surface area contributed by atoms with E-state index in [4.69, 9.17) is 5.26 Å². The molecule has 1 saturated carbocycles. The number of amides is 1. The molecule has 144 valence electrons. The lowest BCUT2D eigenvalue weighted by molar-refractivity contribution is 0.0929. The number of carbonyl (C=O) groups is 1. The number of nitriles is 1. The van der Waals surface area contributed by atoms with Crippen LogP contribution in [0.4, 0.5) is 11.4 Å². The Balaban J connectivity index is 1.35. The van der Waals surface area contributed by atoms with Gasteiger partial charge in [-0.25, -0.2) is 4.98 Å². The monoisotopic (exact) mass is 401 g/mol. The number of anilines is 2. The summed E-state index contributed by atoms with van der Waals surface area (Å²) in [6.07, 6.45) is 4.87. The minimum Gasteiger partial charge on any atom is -0.355 e. The summed E-state index contributed by atoms with van der Waals surface area (Å²) < 4.78 is 0. The number of likely N-dealkylation sites (tertiary alicyclic amines) is 1. The fourth-order valence-electron chi connectivity index (χ4n) is 4.02. The zero-order chi connectivity index (χ0) is 19.8. The number of piperidine rings is 1. The first-order chi connectivity index (χ1) is 14.2. The Morgan fingerprint density at radius 2 is 2.00 bits per heavy atom. The van der Waals surface area contributed by atoms with Crippen molar-refractivity contribution >= 4 is 28.6 Å². The quantitative estimate of drug-likeness (QED) is 0.635. The maximum atomic E-state index is 12.8. The molecule has 2 aromatic carbocycles. The molecule has 0 spiro atoms. The number of thiazole rings is 1. The summed E-state index contributed by atoms with van der Waals surface area (Å²) in [7, 11) is 0. The fourth-order valence-corrected chi connectivity index (χ4v) is 4.87. The molecule has 1 unspecified atom stereocenters. The molecule has 7 heteroatoms. The number of carbonyl (C=O) groups excluding carboxylic acids is 1. The molecule has 6 nitrogen and oxygen atoms in total. The van der Waals surface area contributed by atoms with Gasteiger partial charge in [-0.15, -0.1) is 11.3 Å². The number of nitrogens with one attached hydrogen (secondary N) is 2. The van der Waals surface area contributed by atoms with Crippen molar-refractivity contribution in [1.29, 1.82) is 5.26 Å². The molecule has 3 aromatic rings. The van der Waals surface area contributed by atoms with E-state index >= 15 is 0 Å². The maximum absolute atomic E-state index is 12.8. The molecule has 2 fully saturated rings. The van der Waals surface area contributed by atoms with Gasteiger partial charge in [0.25, 0.3) is 5.91 Å². The Hall–Kier alpha value is -3.37. The number of rotatable bonds is 5. The predicted molar refractivity (Wildman–Crippen MR) is 113 cm³/mol. The lowest BCUT2D eigenvalue weighted by atomic mass is 10.1. The van der Waals surface area contributed by atoms with Crippen LogP contribution in [-0.2, 0) is 0 Å². The highest BCUT2D eigenvalue weighted by molar-refractivity contribution is 7.17. The molecule has 5 rings (SSSR count). The highest BCUT2D eigenvalue weighted by Gasteiger charge is 2.61. The molecule has 2 atom stereocenters. The van der Waals surface area contributed by atoms with E-state index in [2.05, 4.69) is 21.8 Å². The van der Waals surface area contributed by atoms with E-state index in [0.717, 1.165) is 34.8 Å². The van der Waals surface area contributed by atoms with Gasteiger partial charge in [0.15, 0.2) is 11.2 Å². The lowest BCUT2D eigenvalue weighted by Gasteiger charge is -2.16. The van der Waals surface area contributed by atoms with Crippen molar-refractivity contribution in [2.24, 2.45) is 5.92 Å². The molecule has 1 aliphatic carbocycles. The van der Waals surface area contributed by atoms with Gasteiger partial charge in [-0.1, -0.05) is 36.4 Å². The zero-order valence-electron chi connectivity index (χ0n) is 15.6. The third-order valence-corrected chi connectivity index (χ3v) is 6.62. The van der Waals surface area contributed by atoms with Crippen LogP contribution in [-0.4, -0.2) is 34.4 Å². The van der Waals surface area contributed by atoms with Crippen LogP contribution in [0.3, 0.4) is 0 Å². The summed E-state index contributed by atoms with van der Waals surface area (Å²) in [6, 6.07) is 18.0. The van der Waals surface area contributed by atoms with Gasteiger partial charge in [0.1, 0.15) is 0 Å². The summed E-state index contributed by atoms with van der Waals surface area (Å²) >= 11 is 1.38. The number of nitrogens with zero attached hydrogens (tertiary/aromatic N) is 3. The summed E-state index contributed by atoms with van der Waals surface area (Å²) in [5.74, 6) is 0.221. The first-order valence-corrected chi connectivity index (χ1v) is 10.3. The molecule has 0 bridgehead atoms. The van der Waals surface area contributed by atoms with E-state index < -0.39 is 0 Å². The second-order valence-electron chi connectivity index (χ2n) is 7.56. The molecule has 0 radical (unpaired) electrons. The highest BCUT2D eigenvalue weighted by Crippen LogP contribution is 2.49. The summed E-state index contributed by atoms with van der Waals surface area (Å²) in [5.41, 5.74) is 2.73. The molecule has 2 heterocycles. The van der Waals surface area contributed by atoms with Crippen LogP contribution in [0.2, 0.25) is 0 Å². The molecular formula is C22H19N5OS. The Labute approximate surface area is 172 Å². The molecular weight excluding hydrogens is 382 g/mol. The van der Waals surface area contributed by atoms with Gasteiger partial charge in [0.05, 0.1) is 17.0 Å². The number of hydrogen-bond acceptors (Lipinski definition) is 6. The molecule has 2 N–H and O–H groups in total. The van der Waals surface area contributed by atoms with Crippen molar-refractivity contribution in [3.05, 3.63) is 65.8 Å². The Kier molecular flexibility index (Phi) is 4.22. The third-order valence-electron chi connectivity index (χ3n) is 5.59. The largest absolute Gasteiger partial charge is 0.355 e. The second kappa shape index (κ2) is 6.90. The van der Waals surface area contributed by atoms with Crippen molar-refractivity contribution in [3.63, 3.8) is 0 Å². The van der Waals surface area contributed by atoms with E-state index in [0.29, 0.717) is 17.5 Å². The topological polar surface area (TPSA) is 81.1 Å². The number of hydrogen-bond donors (Lipinski definition) is 2. The van der Waals surface area contributed by atoms with E-state index in [1.807, 2.05) is 54.6 Å². The van der Waals surface area contributed by atoms with Crippen LogP contribution in [0, 0.1) is 17.4 Å². The number of fused-ring (bicyclic) bond motifs is 1. The summed E-state index contributed by atoms with van der Waals surface area (Å²) in [5, 5.41) is 16.1. The molecule has 29 heavy (non-hydrogen) atoms. The normalized spacial score (nSPS) is 21.9. The highest BCUT2D eigenvalue weighted by atomic mass is 32.1. The van der Waals surface area contributed by atoms with E-state index in [1.54, 1.807) is 11.1 Å². The molecule has 1 saturated heterocycles. The number of para-hydroxylation sites is 2. The van der Waals surface area contributed by atoms with Gasteiger partial charge in [0.2, 0.25) is 0 Å². The van der Waals surface area contributed by atoms with Crippen molar-refractivity contribution < 1.29 is 4.79 Å². The standard InChI is InChI=1S/C22H19N5OS/c23-14-27-12-15-10-22(15,13-27)26-20(28)21-24-11-19(29-21)17-8-4-5-9-18(17)25-16-6-2-1-3-7-16/h1-9,11,15,25H,10,12-13H2,(H,26,28)/t15?,22-/m0/s1. The number of benzene rings is 2. The molecule has 2 aliphatic rings. The molecule has 1 aliphatic heterocycles. The fraction of sp³-hybridized carbons (Fsp3) is 0.227. The van der Waals surface area contributed by atoms with Gasteiger partial charge >= 0.3 is 0 Å². The van der Waals surface area contributed by atoms with Crippen LogP contribution in [0.15, 0.2) is 60.8 Å². The van der Waals surface area contributed by atoms with Gasteiger partial charge < -0.3 is 15.5 Å². The third kappa shape index (κ3) is 3.32. The molecule has 1 aromatic heterocycles. The van der Waals surface area contributed by atoms with Gasteiger partial charge in [-0.05, 0) is 24.6 Å². The minimum absolute atomic E-state index is 0.156.